The average Bonchev–Trinajstić information content (AvgIpc) is 3.09. The van der Waals surface area contributed by atoms with Gasteiger partial charge < -0.3 is 9.31 Å². The van der Waals surface area contributed by atoms with Crippen LogP contribution in [0.1, 0.15) is 46.1 Å². The molecule has 3 heteroatoms. The van der Waals surface area contributed by atoms with Gasteiger partial charge >= 0.3 is 7.12 Å². The van der Waals surface area contributed by atoms with E-state index in [2.05, 4.69) is 70.2 Å². The minimum atomic E-state index is -0.274. The lowest BCUT2D eigenvalue weighted by Gasteiger charge is -2.41. The lowest BCUT2D eigenvalue weighted by molar-refractivity contribution is -0.0369. The largest absolute Gasteiger partial charge is 0.461 e. The maximum atomic E-state index is 6.72. The van der Waals surface area contributed by atoms with E-state index in [0.717, 1.165) is 6.32 Å². The fraction of sp³-hybridized carbons (Fsp3) is 0.600. The molecule has 2 nitrogen and oxygen atoms in total. The van der Waals surface area contributed by atoms with Crippen molar-refractivity contribution in [3.63, 3.8) is 0 Å². The van der Waals surface area contributed by atoms with Gasteiger partial charge in [0.15, 0.2) is 0 Å². The van der Waals surface area contributed by atoms with Gasteiger partial charge in [0.25, 0.3) is 0 Å². The lowest BCUT2D eigenvalue weighted by atomic mass is 9.69. The van der Waals surface area contributed by atoms with Crippen LogP contribution in [0.15, 0.2) is 42.5 Å². The molecular formula is C20H27BO2. The third-order valence-corrected chi connectivity index (χ3v) is 7.18. The van der Waals surface area contributed by atoms with Gasteiger partial charge in [0.2, 0.25) is 0 Å². The molecule has 0 spiro atoms. The standard InChI is InChI=1S/C20H27BO2/c1-5-6-14-21-22-17-19(4)13-12-16(18(19,2)3)20(17,23-21)15-10-8-7-9-11-15/h5-11,16-17H,12-14H2,1-4H3/b6-5-/t16-,17-,19-,20+/m0/s1. The Kier molecular flexibility index (Phi) is 3.34. The predicted octanol–water partition coefficient (Wildman–Crippen LogP) is 4.82. The minimum Gasteiger partial charge on any atom is -0.404 e. The summed E-state index contributed by atoms with van der Waals surface area (Å²) in [6.45, 7) is 9.31. The molecule has 1 heterocycles. The monoisotopic (exact) mass is 310 g/mol. The molecule has 4 rings (SSSR count). The van der Waals surface area contributed by atoms with Crippen molar-refractivity contribution in [1.29, 1.82) is 0 Å². The molecule has 4 atom stereocenters. The van der Waals surface area contributed by atoms with Gasteiger partial charge in [0, 0.05) is 11.7 Å². The molecule has 1 aliphatic heterocycles. The molecule has 1 aromatic carbocycles. The van der Waals surface area contributed by atoms with Crippen LogP contribution in [0.3, 0.4) is 0 Å². The third kappa shape index (κ3) is 1.78. The summed E-state index contributed by atoms with van der Waals surface area (Å²) in [5, 5.41) is 0. The van der Waals surface area contributed by atoms with Crippen molar-refractivity contribution in [2.45, 2.75) is 58.6 Å². The van der Waals surface area contributed by atoms with Crippen molar-refractivity contribution in [2.24, 2.45) is 16.7 Å². The van der Waals surface area contributed by atoms with Gasteiger partial charge in [-0.1, -0.05) is 63.3 Å². The first-order valence-electron chi connectivity index (χ1n) is 8.97. The van der Waals surface area contributed by atoms with Gasteiger partial charge in [0.1, 0.15) is 5.60 Å². The highest BCUT2D eigenvalue weighted by Gasteiger charge is 2.77. The van der Waals surface area contributed by atoms with E-state index in [4.69, 9.17) is 9.31 Å². The van der Waals surface area contributed by atoms with Gasteiger partial charge in [-0.3, -0.25) is 0 Å². The second kappa shape index (κ2) is 4.97. The number of rotatable bonds is 3. The van der Waals surface area contributed by atoms with Crippen LogP contribution in [0.2, 0.25) is 6.32 Å². The van der Waals surface area contributed by atoms with Crippen LogP contribution in [0.25, 0.3) is 0 Å². The Hall–Kier alpha value is -1.06. The highest BCUT2D eigenvalue weighted by molar-refractivity contribution is 6.46. The Morgan fingerprint density at radius 1 is 1.22 bits per heavy atom. The van der Waals surface area contributed by atoms with Crippen LogP contribution >= 0.6 is 0 Å². The van der Waals surface area contributed by atoms with Gasteiger partial charge in [-0.05, 0) is 36.7 Å². The predicted molar refractivity (Wildman–Crippen MR) is 94.1 cm³/mol. The molecule has 0 N–H and O–H groups in total. The molecule has 0 amide bonds. The molecule has 122 valence electrons. The summed E-state index contributed by atoms with van der Waals surface area (Å²) in [5.74, 6) is 0.517. The number of hydrogen-bond acceptors (Lipinski definition) is 2. The molecule has 23 heavy (non-hydrogen) atoms. The molecule has 2 bridgehead atoms. The molecule has 3 aliphatic rings. The van der Waals surface area contributed by atoms with E-state index in [9.17, 15) is 0 Å². The van der Waals surface area contributed by atoms with Gasteiger partial charge in [-0.15, -0.1) is 0 Å². The van der Waals surface area contributed by atoms with E-state index in [1.807, 2.05) is 0 Å². The third-order valence-electron chi connectivity index (χ3n) is 7.18. The van der Waals surface area contributed by atoms with Crippen LogP contribution in [0, 0.1) is 16.7 Å². The number of hydrogen-bond donors (Lipinski definition) is 0. The van der Waals surface area contributed by atoms with Crippen molar-refractivity contribution in [3.8, 4) is 0 Å². The molecule has 3 fully saturated rings. The first-order chi connectivity index (χ1) is 11.0. The van der Waals surface area contributed by atoms with Crippen molar-refractivity contribution in [2.75, 3.05) is 0 Å². The first kappa shape index (κ1) is 15.5. The molecule has 2 aliphatic carbocycles. The zero-order valence-corrected chi connectivity index (χ0v) is 14.7. The number of fused-ring (bicyclic) bond motifs is 5. The summed E-state index contributed by atoms with van der Waals surface area (Å²) < 4.78 is 13.3. The zero-order chi connectivity index (χ0) is 16.3. The van der Waals surface area contributed by atoms with Gasteiger partial charge in [0.05, 0.1) is 6.10 Å². The summed E-state index contributed by atoms with van der Waals surface area (Å²) in [6, 6.07) is 10.8. The average molecular weight is 310 g/mol. The summed E-state index contributed by atoms with van der Waals surface area (Å²) in [6.07, 6.45) is 7.69. The van der Waals surface area contributed by atoms with Crippen molar-refractivity contribution in [1.82, 2.24) is 0 Å². The molecule has 0 aromatic heterocycles. The first-order valence-corrected chi connectivity index (χ1v) is 8.97. The van der Waals surface area contributed by atoms with Crippen molar-refractivity contribution >= 4 is 7.12 Å². The fourth-order valence-corrected chi connectivity index (χ4v) is 5.66. The fourth-order valence-electron chi connectivity index (χ4n) is 5.66. The van der Waals surface area contributed by atoms with E-state index in [0.29, 0.717) is 5.92 Å². The van der Waals surface area contributed by atoms with Gasteiger partial charge in [-0.2, -0.15) is 0 Å². The summed E-state index contributed by atoms with van der Waals surface area (Å²) in [4.78, 5) is 0. The molecule has 2 saturated carbocycles. The van der Waals surface area contributed by atoms with E-state index in [1.54, 1.807) is 0 Å². The summed E-state index contributed by atoms with van der Waals surface area (Å²) >= 11 is 0. The van der Waals surface area contributed by atoms with Crippen LogP contribution in [0.4, 0.5) is 0 Å². The Bertz CT molecular complexity index is 626. The second-order valence-electron chi connectivity index (χ2n) is 8.26. The topological polar surface area (TPSA) is 18.5 Å². The van der Waals surface area contributed by atoms with E-state index in [-0.39, 0.29) is 29.7 Å². The second-order valence-corrected chi connectivity index (χ2v) is 8.26. The van der Waals surface area contributed by atoms with Crippen LogP contribution < -0.4 is 0 Å². The smallest absolute Gasteiger partial charge is 0.404 e. The van der Waals surface area contributed by atoms with E-state index in [1.165, 1.54) is 18.4 Å². The molecular weight excluding hydrogens is 283 g/mol. The maximum absolute atomic E-state index is 6.72. The van der Waals surface area contributed by atoms with Crippen LogP contribution in [-0.2, 0) is 14.9 Å². The lowest BCUT2D eigenvalue weighted by Crippen LogP contribution is -2.45. The summed E-state index contributed by atoms with van der Waals surface area (Å²) in [5.41, 5.74) is 1.44. The molecule has 1 aromatic rings. The normalized spacial score (nSPS) is 41.0. The Morgan fingerprint density at radius 2 is 1.96 bits per heavy atom. The molecule has 0 unspecified atom stereocenters. The molecule has 0 radical (unpaired) electrons. The number of benzene rings is 1. The Balaban J connectivity index is 1.82. The minimum absolute atomic E-state index is 0.118. The summed E-state index contributed by atoms with van der Waals surface area (Å²) in [7, 11) is -0.118. The van der Waals surface area contributed by atoms with Crippen molar-refractivity contribution < 1.29 is 9.31 Å². The van der Waals surface area contributed by atoms with E-state index < -0.39 is 0 Å². The SMILES string of the molecule is C/C=C\CB1O[C@@H]2[C@](c3ccccc3)(O1)[C@H]1CC[C@]2(C)C1(C)C. The van der Waals surface area contributed by atoms with Gasteiger partial charge in [-0.25, -0.2) is 0 Å². The highest BCUT2D eigenvalue weighted by Crippen LogP contribution is 2.75. The van der Waals surface area contributed by atoms with Crippen molar-refractivity contribution in [3.05, 3.63) is 48.0 Å². The Morgan fingerprint density at radius 3 is 2.65 bits per heavy atom. The van der Waals surface area contributed by atoms with Crippen LogP contribution in [-0.4, -0.2) is 13.2 Å². The quantitative estimate of drug-likeness (QED) is 0.589. The van der Waals surface area contributed by atoms with E-state index >= 15 is 0 Å². The highest BCUT2D eigenvalue weighted by atomic mass is 16.7. The van der Waals surface area contributed by atoms with Crippen LogP contribution in [0.5, 0.6) is 0 Å². The number of allylic oxidation sites excluding steroid dienone is 2. The zero-order valence-electron chi connectivity index (χ0n) is 14.7. The molecule has 1 saturated heterocycles. The Labute approximate surface area is 140 Å². The maximum Gasteiger partial charge on any atom is 0.461 e.